The Kier molecular flexibility index (Phi) is 4.48. The van der Waals surface area contributed by atoms with E-state index in [-0.39, 0.29) is 0 Å². The van der Waals surface area contributed by atoms with Gasteiger partial charge in [0, 0.05) is 24.8 Å². The Labute approximate surface area is 110 Å². The molecule has 0 saturated carbocycles. The van der Waals surface area contributed by atoms with Crippen molar-refractivity contribution in [1.82, 2.24) is 4.90 Å². The van der Waals surface area contributed by atoms with Crippen LogP contribution < -0.4 is 10.5 Å². The number of hydrogen-bond donors (Lipinski definition) is 1. The van der Waals surface area contributed by atoms with Crippen LogP contribution in [0.3, 0.4) is 0 Å². The topological polar surface area (TPSA) is 38.5 Å². The van der Waals surface area contributed by atoms with E-state index in [0.29, 0.717) is 0 Å². The van der Waals surface area contributed by atoms with Crippen LogP contribution in [0.1, 0.15) is 20.3 Å². The van der Waals surface area contributed by atoms with Crippen LogP contribution in [0.2, 0.25) is 0 Å². The van der Waals surface area contributed by atoms with Crippen molar-refractivity contribution in [3.8, 4) is 5.75 Å². The molecule has 0 radical (unpaired) electrons. The zero-order valence-electron chi connectivity index (χ0n) is 11.4. The summed E-state index contributed by atoms with van der Waals surface area (Å²) in [4.78, 5) is 2.50. The van der Waals surface area contributed by atoms with E-state index in [9.17, 15) is 0 Å². The summed E-state index contributed by atoms with van der Waals surface area (Å²) in [6.45, 7) is 8.84. The third kappa shape index (κ3) is 3.64. The first-order valence-corrected chi connectivity index (χ1v) is 6.86. The molecule has 0 aromatic heterocycles. The van der Waals surface area contributed by atoms with Crippen molar-refractivity contribution in [2.24, 2.45) is 11.8 Å². The van der Waals surface area contributed by atoms with Crippen LogP contribution in [0.5, 0.6) is 5.75 Å². The number of hydrogen-bond acceptors (Lipinski definition) is 3. The Morgan fingerprint density at radius 1 is 1.33 bits per heavy atom. The van der Waals surface area contributed by atoms with Gasteiger partial charge in [-0.2, -0.15) is 0 Å². The van der Waals surface area contributed by atoms with Gasteiger partial charge in [0.15, 0.2) is 0 Å². The van der Waals surface area contributed by atoms with Gasteiger partial charge in [0.1, 0.15) is 12.4 Å². The van der Waals surface area contributed by atoms with Crippen molar-refractivity contribution in [3.05, 3.63) is 24.3 Å². The third-order valence-electron chi connectivity index (χ3n) is 3.95. The van der Waals surface area contributed by atoms with Crippen LogP contribution in [-0.2, 0) is 0 Å². The molecule has 2 unspecified atom stereocenters. The van der Waals surface area contributed by atoms with Crippen molar-refractivity contribution in [3.63, 3.8) is 0 Å². The predicted octanol–water partition coefficient (Wildman–Crippen LogP) is 2.63. The highest BCUT2D eigenvalue weighted by molar-refractivity contribution is 5.43. The van der Waals surface area contributed by atoms with Gasteiger partial charge in [-0.25, -0.2) is 0 Å². The molecule has 0 bridgehead atoms. The molecule has 1 fully saturated rings. The third-order valence-corrected chi connectivity index (χ3v) is 3.95. The number of piperidine rings is 1. The first kappa shape index (κ1) is 13.2. The second-order valence-electron chi connectivity index (χ2n) is 5.46. The zero-order valence-corrected chi connectivity index (χ0v) is 11.4. The van der Waals surface area contributed by atoms with Crippen molar-refractivity contribution >= 4 is 5.69 Å². The number of rotatable bonds is 4. The standard InChI is InChI=1S/C15H24N2O/c1-12-6-7-17(11-13(12)2)8-9-18-15-5-3-4-14(16)10-15/h3-5,10,12-13H,6-9,11,16H2,1-2H3. The number of benzene rings is 1. The maximum absolute atomic E-state index is 5.73. The van der Waals surface area contributed by atoms with Gasteiger partial charge in [0.25, 0.3) is 0 Å². The van der Waals surface area contributed by atoms with Crippen molar-refractivity contribution in [2.45, 2.75) is 20.3 Å². The van der Waals surface area contributed by atoms with Crippen LogP contribution in [0.25, 0.3) is 0 Å². The molecule has 100 valence electrons. The minimum Gasteiger partial charge on any atom is -0.492 e. The minimum atomic E-state index is 0.741. The number of nitrogens with two attached hydrogens (primary N) is 1. The van der Waals surface area contributed by atoms with E-state index in [1.807, 2.05) is 24.3 Å². The van der Waals surface area contributed by atoms with Crippen LogP contribution in [-0.4, -0.2) is 31.1 Å². The van der Waals surface area contributed by atoms with Crippen molar-refractivity contribution in [1.29, 1.82) is 0 Å². The Morgan fingerprint density at radius 2 is 2.17 bits per heavy atom. The van der Waals surface area contributed by atoms with E-state index in [2.05, 4.69) is 18.7 Å². The molecule has 0 amide bonds. The lowest BCUT2D eigenvalue weighted by Gasteiger charge is -2.35. The lowest BCUT2D eigenvalue weighted by molar-refractivity contribution is 0.119. The van der Waals surface area contributed by atoms with Crippen molar-refractivity contribution < 1.29 is 4.74 Å². The molecule has 3 nitrogen and oxygen atoms in total. The highest BCUT2D eigenvalue weighted by atomic mass is 16.5. The summed E-state index contributed by atoms with van der Waals surface area (Å²) in [6, 6.07) is 7.63. The summed E-state index contributed by atoms with van der Waals surface area (Å²) in [5.41, 5.74) is 6.47. The number of nitrogens with zero attached hydrogens (tertiary/aromatic N) is 1. The maximum atomic E-state index is 5.73. The molecule has 1 heterocycles. The first-order valence-electron chi connectivity index (χ1n) is 6.86. The average Bonchev–Trinajstić information content (AvgIpc) is 2.34. The average molecular weight is 248 g/mol. The fourth-order valence-corrected chi connectivity index (χ4v) is 2.45. The van der Waals surface area contributed by atoms with Crippen LogP contribution in [0.4, 0.5) is 5.69 Å². The smallest absolute Gasteiger partial charge is 0.121 e. The lowest BCUT2D eigenvalue weighted by Crippen LogP contribution is -2.40. The SMILES string of the molecule is CC1CCN(CCOc2cccc(N)c2)CC1C. The summed E-state index contributed by atoms with van der Waals surface area (Å²) < 4.78 is 5.73. The molecule has 18 heavy (non-hydrogen) atoms. The van der Waals surface area contributed by atoms with E-state index < -0.39 is 0 Å². The summed E-state index contributed by atoms with van der Waals surface area (Å²) in [6.07, 6.45) is 1.31. The van der Waals surface area contributed by atoms with Gasteiger partial charge in [-0.05, 0) is 36.9 Å². The Hall–Kier alpha value is -1.22. The Balaban J connectivity index is 1.72. The fraction of sp³-hybridized carbons (Fsp3) is 0.600. The molecule has 1 saturated heterocycles. The maximum Gasteiger partial charge on any atom is 0.121 e. The molecule has 2 rings (SSSR count). The van der Waals surface area contributed by atoms with Gasteiger partial charge in [-0.3, -0.25) is 4.90 Å². The number of likely N-dealkylation sites (tertiary alicyclic amines) is 1. The minimum absolute atomic E-state index is 0.741. The number of nitrogen functional groups attached to an aromatic ring is 1. The molecule has 1 aromatic rings. The van der Waals surface area contributed by atoms with E-state index in [1.165, 1.54) is 19.5 Å². The molecule has 1 aliphatic rings. The molecule has 3 heteroatoms. The van der Waals surface area contributed by atoms with E-state index in [1.54, 1.807) is 0 Å². The largest absolute Gasteiger partial charge is 0.492 e. The first-order chi connectivity index (χ1) is 8.65. The molecular weight excluding hydrogens is 224 g/mol. The van der Waals surface area contributed by atoms with E-state index in [4.69, 9.17) is 10.5 Å². The normalized spacial score (nSPS) is 25.0. The van der Waals surface area contributed by atoms with Gasteiger partial charge in [-0.15, -0.1) is 0 Å². The predicted molar refractivity (Wildman–Crippen MR) is 75.7 cm³/mol. The van der Waals surface area contributed by atoms with Gasteiger partial charge in [0.2, 0.25) is 0 Å². The van der Waals surface area contributed by atoms with E-state index in [0.717, 1.165) is 36.4 Å². The molecule has 2 atom stereocenters. The molecule has 1 aromatic carbocycles. The molecular formula is C15H24N2O. The van der Waals surface area contributed by atoms with Gasteiger partial charge >= 0.3 is 0 Å². The van der Waals surface area contributed by atoms with E-state index >= 15 is 0 Å². The van der Waals surface area contributed by atoms with Gasteiger partial charge < -0.3 is 10.5 Å². The Bertz CT molecular complexity index is 381. The Morgan fingerprint density at radius 3 is 2.89 bits per heavy atom. The second kappa shape index (κ2) is 6.10. The second-order valence-corrected chi connectivity index (χ2v) is 5.46. The van der Waals surface area contributed by atoms with Crippen molar-refractivity contribution in [2.75, 3.05) is 32.0 Å². The van der Waals surface area contributed by atoms with Crippen LogP contribution in [0, 0.1) is 11.8 Å². The summed E-state index contributed by atoms with van der Waals surface area (Å²) in [5.74, 6) is 2.52. The highest BCUT2D eigenvalue weighted by Crippen LogP contribution is 2.22. The summed E-state index contributed by atoms with van der Waals surface area (Å²) in [5, 5.41) is 0. The fourth-order valence-electron chi connectivity index (χ4n) is 2.45. The van der Waals surface area contributed by atoms with Crippen LogP contribution in [0.15, 0.2) is 24.3 Å². The zero-order chi connectivity index (χ0) is 13.0. The number of ether oxygens (including phenoxy) is 1. The lowest BCUT2D eigenvalue weighted by atomic mass is 9.89. The molecule has 0 spiro atoms. The summed E-state index contributed by atoms with van der Waals surface area (Å²) in [7, 11) is 0. The van der Waals surface area contributed by atoms with Crippen LogP contribution >= 0.6 is 0 Å². The quantitative estimate of drug-likeness (QED) is 0.832. The molecule has 0 aliphatic carbocycles. The van der Waals surface area contributed by atoms with Gasteiger partial charge in [-0.1, -0.05) is 19.9 Å². The molecule has 1 aliphatic heterocycles. The number of anilines is 1. The molecule has 2 N–H and O–H groups in total. The van der Waals surface area contributed by atoms with Gasteiger partial charge in [0.05, 0.1) is 0 Å². The monoisotopic (exact) mass is 248 g/mol. The highest BCUT2D eigenvalue weighted by Gasteiger charge is 2.22. The summed E-state index contributed by atoms with van der Waals surface area (Å²) >= 11 is 0.